The Morgan fingerprint density at radius 2 is 1.62 bits per heavy atom. The number of aryl methyl sites for hydroxylation is 1. The number of nitrogens with one attached hydrogen (secondary N) is 1. The highest BCUT2D eigenvalue weighted by molar-refractivity contribution is 9.10. The van der Waals surface area contributed by atoms with Crippen molar-refractivity contribution in [3.8, 4) is 0 Å². The lowest BCUT2D eigenvalue weighted by Gasteiger charge is -2.32. The first-order chi connectivity index (χ1) is 19.1. The number of anilines is 1. The number of para-hydroxylation sites is 1. The number of carbonyl (C=O) groups excluding carboxylic acids is 2. The van der Waals surface area contributed by atoms with Gasteiger partial charge in [-0.25, -0.2) is 12.8 Å². The van der Waals surface area contributed by atoms with Crippen LogP contribution in [0.4, 0.5) is 10.1 Å². The first-order valence-electron chi connectivity index (χ1n) is 13.2. The molecule has 1 N–H and O–H groups in total. The summed E-state index contributed by atoms with van der Waals surface area (Å²) in [7, 11) is -4.33. The normalized spacial score (nSPS) is 14.5. The van der Waals surface area contributed by atoms with E-state index in [1.165, 1.54) is 35.2 Å². The van der Waals surface area contributed by atoms with Crippen LogP contribution in [0.25, 0.3) is 0 Å². The van der Waals surface area contributed by atoms with Gasteiger partial charge in [-0.1, -0.05) is 70.7 Å². The third-order valence-electron chi connectivity index (χ3n) is 7.14. The molecule has 1 aliphatic rings. The van der Waals surface area contributed by atoms with Crippen LogP contribution in [-0.4, -0.2) is 43.8 Å². The summed E-state index contributed by atoms with van der Waals surface area (Å²) < 4.78 is 44.2. The van der Waals surface area contributed by atoms with Gasteiger partial charge in [-0.15, -0.1) is 0 Å². The number of benzene rings is 3. The molecule has 1 fully saturated rings. The van der Waals surface area contributed by atoms with E-state index in [9.17, 15) is 18.0 Å². The number of halogens is 2. The van der Waals surface area contributed by atoms with Crippen molar-refractivity contribution in [2.24, 2.45) is 0 Å². The maximum Gasteiger partial charge on any atom is 0.264 e. The molecule has 1 unspecified atom stereocenters. The van der Waals surface area contributed by atoms with Crippen LogP contribution in [-0.2, 0) is 26.2 Å². The average Bonchev–Trinajstić information content (AvgIpc) is 3.44. The number of amides is 2. The van der Waals surface area contributed by atoms with Crippen LogP contribution >= 0.6 is 15.9 Å². The molecule has 1 saturated carbocycles. The lowest BCUT2D eigenvalue weighted by atomic mass is 10.1. The van der Waals surface area contributed by atoms with E-state index in [-0.39, 0.29) is 29.1 Å². The molecule has 0 aliphatic heterocycles. The minimum Gasteiger partial charge on any atom is -0.352 e. The monoisotopic (exact) mass is 629 g/mol. The second kappa shape index (κ2) is 13.0. The van der Waals surface area contributed by atoms with Crippen LogP contribution in [0.2, 0.25) is 0 Å². The highest BCUT2D eigenvalue weighted by Crippen LogP contribution is 2.27. The predicted octanol–water partition coefficient (Wildman–Crippen LogP) is 5.57. The predicted molar refractivity (Wildman–Crippen MR) is 157 cm³/mol. The summed E-state index contributed by atoms with van der Waals surface area (Å²) in [5.41, 5.74) is 1.37. The Labute approximate surface area is 243 Å². The van der Waals surface area contributed by atoms with E-state index in [0.29, 0.717) is 0 Å². The Kier molecular flexibility index (Phi) is 9.63. The second-order valence-corrected chi connectivity index (χ2v) is 12.9. The van der Waals surface area contributed by atoms with Gasteiger partial charge in [0, 0.05) is 17.1 Å². The third kappa shape index (κ3) is 7.09. The minimum atomic E-state index is -4.33. The van der Waals surface area contributed by atoms with E-state index in [4.69, 9.17) is 0 Å². The van der Waals surface area contributed by atoms with E-state index < -0.39 is 34.3 Å². The van der Waals surface area contributed by atoms with Crippen molar-refractivity contribution in [1.82, 2.24) is 10.2 Å². The van der Waals surface area contributed by atoms with Crippen LogP contribution in [0, 0.1) is 12.7 Å². The first-order valence-corrected chi connectivity index (χ1v) is 15.5. The molecule has 3 aromatic rings. The Bertz CT molecular complexity index is 1440. The molecule has 7 nitrogen and oxygen atoms in total. The number of carbonyl (C=O) groups is 2. The highest BCUT2D eigenvalue weighted by Gasteiger charge is 2.34. The minimum absolute atomic E-state index is 0.0522. The van der Waals surface area contributed by atoms with Gasteiger partial charge in [0.15, 0.2) is 0 Å². The van der Waals surface area contributed by atoms with Gasteiger partial charge in [0.25, 0.3) is 10.0 Å². The molecule has 1 atom stereocenters. The van der Waals surface area contributed by atoms with Gasteiger partial charge in [-0.3, -0.25) is 13.9 Å². The summed E-state index contributed by atoms with van der Waals surface area (Å²) in [5, 5.41) is 3.03. The number of sulfonamides is 1. The molecule has 4 rings (SSSR count). The van der Waals surface area contributed by atoms with Gasteiger partial charge in [-0.05, 0) is 68.7 Å². The van der Waals surface area contributed by atoms with E-state index >= 15 is 4.39 Å². The zero-order valence-electron chi connectivity index (χ0n) is 22.5. The molecule has 0 bridgehead atoms. The van der Waals surface area contributed by atoms with Crippen LogP contribution < -0.4 is 9.62 Å². The number of hydrogen-bond donors (Lipinski definition) is 1. The molecular weight excluding hydrogens is 597 g/mol. The third-order valence-corrected chi connectivity index (χ3v) is 9.45. The van der Waals surface area contributed by atoms with Crippen LogP contribution in [0.3, 0.4) is 0 Å². The van der Waals surface area contributed by atoms with E-state index in [1.54, 1.807) is 19.1 Å². The molecule has 3 aromatic carbocycles. The molecular formula is C30H33BrFN3O4S. The summed E-state index contributed by atoms with van der Waals surface area (Å²) in [6, 6.07) is 18.0. The second-order valence-electron chi connectivity index (χ2n) is 10.1. The largest absolute Gasteiger partial charge is 0.352 e. The topological polar surface area (TPSA) is 86.8 Å². The Morgan fingerprint density at radius 1 is 1.00 bits per heavy atom. The fourth-order valence-electron chi connectivity index (χ4n) is 4.77. The summed E-state index contributed by atoms with van der Waals surface area (Å²) >= 11 is 3.40. The SMILES string of the molecule is Cc1ccc(S(=O)(=O)N(CC(=O)N(Cc2ccc(Br)cc2)C(C)C(=O)NC2CCCC2)c2ccccc2F)cc1. The van der Waals surface area contributed by atoms with Crippen LogP contribution in [0.5, 0.6) is 0 Å². The van der Waals surface area contributed by atoms with Crippen molar-refractivity contribution in [3.63, 3.8) is 0 Å². The van der Waals surface area contributed by atoms with E-state index in [1.807, 2.05) is 31.2 Å². The molecule has 2 amide bonds. The van der Waals surface area contributed by atoms with Crippen molar-refractivity contribution >= 4 is 43.5 Å². The summed E-state index contributed by atoms with van der Waals surface area (Å²) in [6.07, 6.45) is 3.84. The van der Waals surface area contributed by atoms with Crippen molar-refractivity contribution in [2.75, 3.05) is 10.8 Å². The molecule has 40 heavy (non-hydrogen) atoms. The zero-order chi connectivity index (χ0) is 28.9. The van der Waals surface area contributed by atoms with Gasteiger partial charge < -0.3 is 10.2 Å². The summed E-state index contributed by atoms with van der Waals surface area (Å²) in [5.74, 6) is -1.72. The smallest absolute Gasteiger partial charge is 0.264 e. The number of hydrogen-bond acceptors (Lipinski definition) is 4. The standard InChI is InChI=1S/C30H33BrFN3O4S/c1-21-11-17-26(18-12-21)40(38,39)35(28-10-6-5-9-27(28)32)20-29(36)34(19-23-13-15-24(31)16-14-23)22(2)30(37)33-25-7-3-4-8-25/h5-6,9-18,22,25H,3-4,7-8,19-20H2,1-2H3,(H,33,37). The summed E-state index contributed by atoms with van der Waals surface area (Å²) in [6.45, 7) is 2.84. The lowest BCUT2D eigenvalue weighted by molar-refractivity contribution is -0.139. The highest BCUT2D eigenvalue weighted by atomic mass is 79.9. The first kappa shape index (κ1) is 29.7. The number of rotatable bonds is 10. The molecule has 0 radical (unpaired) electrons. The molecule has 0 spiro atoms. The number of nitrogens with zero attached hydrogens (tertiary/aromatic N) is 2. The van der Waals surface area contributed by atoms with Crippen LogP contribution in [0.15, 0.2) is 82.2 Å². The van der Waals surface area contributed by atoms with E-state index in [2.05, 4.69) is 21.2 Å². The molecule has 0 saturated heterocycles. The quantitative estimate of drug-likeness (QED) is 0.318. The van der Waals surface area contributed by atoms with Crippen molar-refractivity contribution < 1.29 is 22.4 Å². The Balaban J connectivity index is 1.69. The Morgan fingerprint density at radius 3 is 2.25 bits per heavy atom. The summed E-state index contributed by atoms with van der Waals surface area (Å²) in [4.78, 5) is 28.5. The van der Waals surface area contributed by atoms with Gasteiger partial charge in [-0.2, -0.15) is 0 Å². The average molecular weight is 631 g/mol. The molecule has 212 valence electrons. The van der Waals surface area contributed by atoms with Crippen molar-refractivity contribution in [1.29, 1.82) is 0 Å². The van der Waals surface area contributed by atoms with Gasteiger partial charge in [0.1, 0.15) is 18.4 Å². The van der Waals surface area contributed by atoms with Crippen molar-refractivity contribution in [2.45, 2.75) is 63.1 Å². The maximum atomic E-state index is 15.0. The fraction of sp³-hybridized carbons (Fsp3) is 0.333. The lowest BCUT2D eigenvalue weighted by Crippen LogP contribution is -2.52. The van der Waals surface area contributed by atoms with Crippen LogP contribution in [0.1, 0.15) is 43.7 Å². The van der Waals surface area contributed by atoms with Gasteiger partial charge in [0.2, 0.25) is 11.8 Å². The zero-order valence-corrected chi connectivity index (χ0v) is 24.9. The molecule has 0 aromatic heterocycles. The van der Waals surface area contributed by atoms with Gasteiger partial charge >= 0.3 is 0 Å². The molecule has 1 aliphatic carbocycles. The molecule has 10 heteroatoms. The molecule has 0 heterocycles. The van der Waals surface area contributed by atoms with Gasteiger partial charge in [0.05, 0.1) is 10.6 Å². The maximum absolute atomic E-state index is 15.0. The fourth-order valence-corrected chi connectivity index (χ4v) is 6.45. The van der Waals surface area contributed by atoms with Crippen molar-refractivity contribution in [3.05, 3.63) is 94.2 Å². The van der Waals surface area contributed by atoms with E-state index in [0.717, 1.165) is 51.7 Å². The Hall–Kier alpha value is -3.24.